The number of hydrogen-bond acceptors (Lipinski definition) is 13. The van der Waals surface area contributed by atoms with Crippen molar-refractivity contribution in [3.63, 3.8) is 0 Å². The van der Waals surface area contributed by atoms with Crippen LogP contribution < -0.4 is 48.7 Å². The lowest BCUT2D eigenvalue weighted by molar-refractivity contribution is -0.146. The summed E-state index contributed by atoms with van der Waals surface area (Å²) in [7, 11) is 2.62. The smallest absolute Gasteiger partial charge is 0.303 e. The van der Waals surface area contributed by atoms with Gasteiger partial charge in [-0.3, -0.25) is 57.7 Å². The van der Waals surface area contributed by atoms with Crippen LogP contribution in [0, 0.1) is 17.8 Å². The Labute approximate surface area is 440 Å². The first kappa shape index (κ1) is 66.4. The quantitative estimate of drug-likeness (QED) is 0.0189. The van der Waals surface area contributed by atoms with Gasteiger partial charge in [0, 0.05) is 40.2 Å². The standard InChI is InChI=1S/C49H87N13O13/c1-12-17-33(44(71)58-40(29(8)13-2)46(73)55-31(18-15-22-53-49(50)51)47(74)62-23-16-19-34(62)43(70)52-14-3)61(11)48(75)41(30(9)63)59-42(69)32(24-27(4)5)56-45(72)39(28(6)7)57-35(64)25-54-36(65)26-60(10)37(66)20-21-38(67)68/h27-34,39-41,63H,12-26H2,1-11H3,(H,52,70)(H,54,65)(H,55,73)(H,56,72)(H,57,64)(H,58,71)(H,59,69)(H,67,68)(H4,50,51,53)/t29-,30+,31-,32+,33-,34-,39-,40-,41-/m0/s1. The van der Waals surface area contributed by atoms with E-state index in [4.69, 9.17) is 16.6 Å². The van der Waals surface area contributed by atoms with Crippen LogP contribution in [-0.2, 0) is 52.7 Å². The highest BCUT2D eigenvalue weighted by Crippen LogP contribution is 2.21. The highest BCUT2D eigenvalue weighted by molar-refractivity contribution is 5.98. The molecule has 1 saturated heterocycles. The number of nitrogens with zero attached hydrogens (tertiary/aromatic N) is 4. The second kappa shape index (κ2) is 33.3. The summed E-state index contributed by atoms with van der Waals surface area (Å²) >= 11 is 0. The van der Waals surface area contributed by atoms with Gasteiger partial charge in [0.25, 0.3) is 0 Å². The Hall–Kier alpha value is -6.60. The minimum Gasteiger partial charge on any atom is -0.481 e. The minimum absolute atomic E-state index is 0.0527. The van der Waals surface area contributed by atoms with Crippen molar-refractivity contribution in [3.05, 3.63) is 0 Å². The molecule has 75 heavy (non-hydrogen) atoms. The molecule has 1 heterocycles. The van der Waals surface area contributed by atoms with Crippen molar-refractivity contribution in [2.45, 2.75) is 175 Å². The number of guanidine groups is 1. The number of hydrogen-bond donors (Lipinski definition) is 11. The third kappa shape index (κ3) is 22.8. The molecule has 0 aromatic carbocycles. The molecule has 0 radical (unpaired) electrons. The second-order valence-corrected chi connectivity index (χ2v) is 19.8. The molecule has 0 bridgehead atoms. The summed E-state index contributed by atoms with van der Waals surface area (Å²) in [4.78, 5) is 154. The van der Waals surface area contributed by atoms with Crippen molar-refractivity contribution in [2.24, 2.45) is 34.2 Å². The number of rotatable bonds is 33. The predicted molar refractivity (Wildman–Crippen MR) is 277 cm³/mol. The van der Waals surface area contributed by atoms with Gasteiger partial charge in [-0.25, -0.2) is 0 Å². The molecule has 1 aliphatic rings. The lowest BCUT2D eigenvalue weighted by Gasteiger charge is -2.34. The number of aliphatic imine (C=N–C) groups is 1. The van der Waals surface area contributed by atoms with E-state index in [0.717, 1.165) is 9.80 Å². The van der Waals surface area contributed by atoms with E-state index >= 15 is 0 Å². The van der Waals surface area contributed by atoms with Gasteiger partial charge in [-0.15, -0.1) is 0 Å². The molecule has 26 nitrogen and oxygen atoms in total. The number of nitrogens with one attached hydrogen (secondary N) is 7. The van der Waals surface area contributed by atoms with E-state index in [2.05, 4.69) is 42.2 Å². The van der Waals surface area contributed by atoms with Crippen LogP contribution in [0.15, 0.2) is 4.99 Å². The molecule has 426 valence electrons. The fourth-order valence-electron chi connectivity index (χ4n) is 8.23. The summed E-state index contributed by atoms with van der Waals surface area (Å²) in [5.74, 6) is -9.32. The summed E-state index contributed by atoms with van der Waals surface area (Å²) in [5.41, 5.74) is 11.0. The lowest BCUT2D eigenvalue weighted by atomic mass is 9.96. The molecule has 13 N–H and O–H groups in total. The maximum absolute atomic E-state index is 14.3. The van der Waals surface area contributed by atoms with Crippen molar-refractivity contribution in [1.82, 2.24) is 51.9 Å². The molecule has 0 unspecified atom stereocenters. The largest absolute Gasteiger partial charge is 0.481 e. The van der Waals surface area contributed by atoms with E-state index in [9.17, 15) is 57.8 Å². The Bertz CT molecular complexity index is 2000. The first-order valence-corrected chi connectivity index (χ1v) is 25.9. The average molecular weight is 1070 g/mol. The monoisotopic (exact) mass is 1070 g/mol. The highest BCUT2D eigenvalue weighted by atomic mass is 16.4. The predicted octanol–water partition coefficient (Wildman–Crippen LogP) is -2.21. The first-order valence-electron chi connectivity index (χ1n) is 25.9. The van der Waals surface area contributed by atoms with Crippen molar-refractivity contribution in [2.75, 3.05) is 46.8 Å². The van der Waals surface area contributed by atoms with Crippen LogP contribution in [0.2, 0.25) is 0 Å². The van der Waals surface area contributed by atoms with E-state index in [1.807, 2.05) is 6.92 Å². The normalized spacial score (nSPS) is 16.3. The zero-order valence-electron chi connectivity index (χ0n) is 45.8. The molecule has 1 fully saturated rings. The van der Waals surface area contributed by atoms with Crippen LogP contribution >= 0.6 is 0 Å². The number of carboxylic acids is 1. The van der Waals surface area contributed by atoms with Crippen molar-refractivity contribution in [3.8, 4) is 0 Å². The summed E-state index contributed by atoms with van der Waals surface area (Å²) < 4.78 is 0. The van der Waals surface area contributed by atoms with E-state index in [0.29, 0.717) is 38.8 Å². The average Bonchev–Trinajstić information content (AvgIpc) is 3.84. The number of aliphatic hydroxyl groups excluding tert-OH is 1. The number of carbonyl (C=O) groups is 11. The number of likely N-dealkylation sites (N-methyl/N-ethyl adjacent to an activating group) is 3. The molecule has 1 aliphatic heterocycles. The van der Waals surface area contributed by atoms with Gasteiger partial charge in [0.2, 0.25) is 59.1 Å². The van der Waals surface area contributed by atoms with Gasteiger partial charge in [-0.05, 0) is 70.1 Å². The van der Waals surface area contributed by atoms with Gasteiger partial charge in [0.1, 0.15) is 42.3 Å². The Morgan fingerprint density at radius 3 is 1.89 bits per heavy atom. The molecular weight excluding hydrogens is 979 g/mol. The van der Waals surface area contributed by atoms with E-state index in [1.54, 1.807) is 48.5 Å². The van der Waals surface area contributed by atoms with Gasteiger partial charge in [0.15, 0.2) is 5.96 Å². The van der Waals surface area contributed by atoms with Crippen LogP contribution in [0.3, 0.4) is 0 Å². The number of nitrogens with two attached hydrogens (primary N) is 2. The molecule has 0 aliphatic carbocycles. The fourth-order valence-corrected chi connectivity index (χ4v) is 8.23. The van der Waals surface area contributed by atoms with E-state index in [-0.39, 0.29) is 56.4 Å². The maximum Gasteiger partial charge on any atom is 0.303 e. The molecule has 9 atom stereocenters. The SMILES string of the molecule is CCC[C@@H](C(=O)N[C@H](C(=O)N[C@@H](CCCN=C(N)N)C(=O)N1CCC[C@H]1C(=O)NCC)[C@@H](C)CC)N(C)C(=O)[C@@H](NC(=O)[C@@H](CC(C)C)NC(=O)[C@@H](NC(=O)CNC(=O)CN(C)C(=O)CCC(=O)O)C(C)C)[C@@H](C)O. The summed E-state index contributed by atoms with van der Waals surface area (Å²) in [5, 5.41) is 38.2. The minimum atomic E-state index is -1.63. The Kier molecular flexibility index (Phi) is 29.5. The van der Waals surface area contributed by atoms with Crippen LogP contribution in [-0.4, -0.2) is 191 Å². The van der Waals surface area contributed by atoms with Crippen molar-refractivity contribution >= 4 is 71.0 Å². The number of amides is 10. The van der Waals surface area contributed by atoms with Gasteiger partial charge < -0.3 is 73.6 Å². The van der Waals surface area contributed by atoms with E-state index in [1.165, 1.54) is 25.9 Å². The number of carboxylic acid groups (broad SMARTS) is 1. The van der Waals surface area contributed by atoms with Crippen LogP contribution in [0.25, 0.3) is 0 Å². The number of aliphatic carboxylic acids is 1. The van der Waals surface area contributed by atoms with Gasteiger partial charge in [-0.1, -0.05) is 61.3 Å². The Morgan fingerprint density at radius 2 is 1.35 bits per heavy atom. The van der Waals surface area contributed by atoms with Crippen LogP contribution in [0.4, 0.5) is 0 Å². The molecule has 0 aromatic heterocycles. The maximum atomic E-state index is 14.3. The Morgan fingerprint density at radius 1 is 0.733 bits per heavy atom. The molecule has 0 saturated carbocycles. The van der Waals surface area contributed by atoms with Crippen molar-refractivity contribution < 1.29 is 63.0 Å². The topological polar surface area (TPSA) is 387 Å². The zero-order valence-corrected chi connectivity index (χ0v) is 45.8. The number of carbonyl (C=O) groups excluding carboxylic acids is 10. The first-order chi connectivity index (χ1) is 35.1. The van der Waals surface area contributed by atoms with Crippen molar-refractivity contribution in [1.29, 1.82) is 0 Å². The van der Waals surface area contributed by atoms with Gasteiger partial charge in [0.05, 0.1) is 25.6 Å². The molecule has 10 amide bonds. The van der Waals surface area contributed by atoms with Crippen LogP contribution in [0.1, 0.15) is 127 Å². The number of likely N-dealkylation sites (tertiary alicyclic amines) is 1. The molecule has 0 spiro atoms. The molecule has 1 rings (SSSR count). The third-order valence-corrected chi connectivity index (χ3v) is 12.7. The summed E-state index contributed by atoms with van der Waals surface area (Å²) in [6, 6.07) is -8.42. The zero-order chi connectivity index (χ0) is 57.3. The molecular formula is C49H87N13O13. The van der Waals surface area contributed by atoms with Gasteiger partial charge >= 0.3 is 5.97 Å². The third-order valence-electron chi connectivity index (χ3n) is 12.7. The molecule has 26 heteroatoms. The summed E-state index contributed by atoms with van der Waals surface area (Å²) in [6.07, 6.45) is 0.0870. The summed E-state index contributed by atoms with van der Waals surface area (Å²) in [6.45, 7) is 15.0. The lowest BCUT2D eigenvalue weighted by Crippen LogP contribution is -2.62. The van der Waals surface area contributed by atoms with Gasteiger partial charge in [-0.2, -0.15) is 0 Å². The fraction of sp³-hybridized carbons (Fsp3) is 0.755. The number of aliphatic hydroxyl groups is 1. The van der Waals surface area contributed by atoms with Crippen LogP contribution in [0.5, 0.6) is 0 Å². The second-order valence-electron chi connectivity index (χ2n) is 19.8. The van der Waals surface area contributed by atoms with E-state index < -0.39 is 139 Å². The highest BCUT2D eigenvalue weighted by Gasteiger charge is 2.41. The molecule has 0 aromatic rings. The Balaban J connectivity index is 3.32.